The summed E-state index contributed by atoms with van der Waals surface area (Å²) in [6, 6.07) is 10.5. The summed E-state index contributed by atoms with van der Waals surface area (Å²) in [7, 11) is -2.59. The first-order valence-electron chi connectivity index (χ1n) is 7.76. The molecule has 25 heavy (non-hydrogen) atoms. The normalized spacial score (nSPS) is 18.9. The smallest absolute Gasteiger partial charge is 0.248 e. The molecule has 1 fully saturated rings. The van der Waals surface area contributed by atoms with Crippen molar-refractivity contribution in [1.82, 2.24) is 9.62 Å². The van der Waals surface area contributed by atoms with Gasteiger partial charge in [0, 0.05) is 25.2 Å². The summed E-state index contributed by atoms with van der Waals surface area (Å²) in [5.41, 5.74) is 0.716. The van der Waals surface area contributed by atoms with Crippen LogP contribution in [0.2, 0.25) is 5.02 Å². The first kappa shape index (κ1) is 18.1. The lowest BCUT2D eigenvalue weighted by Gasteiger charge is -2.36. The summed E-state index contributed by atoms with van der Waals surface area (Å²) in [6.07, 6.45) is 0. The third-order valence-corrected chi connectivity index (χ3v) is 6.59. The highest BCUT2D eigenvalue weighted by Gasteiger charge is 2.38. The van der Waals surface area contributed by atoms with Crippen molar-refractivity contribution < 1.29 is 17.5 Å². The van der Waals surface area contributed by atoms with Gasteiger partial charge in [-0.15, -0.1) is 0 Å². The van der Waals surface area contributed by atoms with Crippen LogP contribution in [0.3, 0.4) is 0 Å². The van der Waals surface area contributed by atoms with Gasteiger partial charge in [-0.2, -0.15) is 4.31 Å². The quantitative estimate of drug-likeness (QED) is 0.880. The number of halogens is 2. The van der Waals surface area contributed by atoms with Crippen molar-refractivity contribution in [3.05, 3.63) is 58.9 Å². The molecule has 2 aromatic rings. The Morgan fingerprint density at radius 2 is 2.00 bits per heavy atom. The van der Waals surface area contributed by atoms with Crippen molar-refractivity contribution in [2.75, 3.05) is 26.7 Å². The van der Waals surface area contributed by atoms with E-state index < -0.39 is 26.8 Å². The fourth-order valence-corrected chi connectivity index (χ4v) is 5.20. The van der Waals surface area contributed by atoms with Crippen molar-refractivity contribution in [3.63, 3.8) is 0 Å². The van der Waals surface area contributed by atoms with Crippen LogP contribution in [0, 0.1) is 5.82 Å². The van der Waals surface area contributed by atoms with Crippen molar-refractivity contribution >= 4 is 21.6 Å². The average molecular weight is 385 g/mol. The van der Waals surface area contributed by atoms with Crippen LogP contribution in [0.5, 0.6) is 5.75 Å². The van der Waals surface area contributed by atoms with E-state index in [0.29, 0.717) is 24.4 Å². The minimum Gasteiger partial charge on any atom is -0.496 e. The van der Waals surface area contributed by atoms with Crippen LogP contribution in [-0.4, -0.2) is 39.5 Å². The molecule has 1 aliphatic heterocycles. The van der Waals surface area contributed by atoms with Gasteiger partial charge in [0.25, 0.3) is 0 Å². The molecule has 0 bridgehead atoms. The van der Waals surface area contributed by atoms with E-state index in [4.69, 9.17) is 16.3 Å². The van der Waals surface area contributed by atoms with Gasteiger partial charge in [-0.05, 0) is 18.2 Å². The van der Waals surface area contributed by atoms with E-state index in [-0.39, 0.29) is 11.6 Å². The largest absolute Gasteiger partial charge is 0.496 e. The molecule has 1 atom stereocenters. The van der Waals surface area contributed by atoms with Gasteiger partial charge < -0.3 is 10.1 Å². The maximum atomic E-state index is 14.2. The van der Waals surface area contributed by atoms with Gasteiger partial charge >= 0.3 is 0 Å². The molecule has 0 aliphatic carbocycles. The van der Waals surface area contributed by atoms with Crippen molar-refractivity contribution in [3.8, 4) is 5.75 Å². The van der Waals surface area contributed by atoms with Crippen LogP contribution >= 0.6 is 11.6 Å². The summed E-state index contributed by atoms with van der Waals surface area (Å²) in [5, 5.41) is 3.05. The Labute approximate surface area is 151 Å². The topological polar surface area (TPSA) is 58.6 Å². The van der Waals surface area contributed by atoms with Gasteiger partial charge in [-0.1, -0.05) is 35.9 Å². The number of benzene rings is 2. The second-order valence-electron chi connectivity index (χ2n) is 5.63. The molecule has 1 saturated heterocycles. The van der Waals surface area contributed by atoms with E-state index >= 15 is 0 Å². The molecule has 3 rings (SSSR count). The highest BCUT2D eigenvalue weighted by molar-refractivity contribution is 7.89. The Morgan fingerprint density at radius 1 is 1.24 bits per heavy atom. The second-order valence-corrected chi connectivity index (χ2v) is 7.86. The number of ether oxygens (including phenoxy) is 1. The number of hydrogen-bond acceptors (Lipinski definition) is 4. The van der Waals surface area contributed by atoms with Crippen molar-refractivity contribution in [2.24, 2.45) is 0 Å². The first-order valence-corrected chi connectivity index (χ1v) is 9.58. The van der Waals surface area contributed by atoms with Crippen LogP contribution in [0.1, 0.15) is 11.6 Å². The highest BCUT2D eigenvalue weighted by Crippen LogP contribution is 2.36. The standard InChI is InChI=1S/C17H18ClFN2O3S/c1-24-16-8-3-2-5-12(16)15-11-20-9-10-21(15)25(22,23)17-13(18)6-4-7-14(17)19/h2-8,15,20H,9-11H2,1H3. The van der Waals surface area contributed by atoms with E-state index in [0.717, 1.165) is 6.07 Å². The monoisotopic (exact) mass is 384 g/mol. The van der Waals surface area contributed by atoms with Crippen LogP contribution in [0.25, 0.3) is 0 Å². The molecule has 0 radical (unpaired) electrons. The number of methoxy groups -OCH3 is 1. The summed E-state index contributed by atoms with van der Waals surface area (Å²) in [5.74, 6) is -0.277. The Hall–Kier alpha value is -1.67. The molecular weight excluding hydrogens is 367 g/mol. The van der Waals surface area contributed by atoms with E-state index in [1.54, 1.807) is 6.07 Å². The third kappa shape index (κ3) is 3.37. The Kier molecular flexibility index (Phi) is 5.29. The van der Waals surface area contributed by atoms with Gasteiger partial charge in [0.2, 0.25) is 10.0 Å². The van der Waals surface area contributed by atoms with Crippen LogP contribution in [-0.2, 0) is 10.0 Å². The molecule has 2 aromatic carbocycles. The number of piperazine rings is 1. The zero-order valence-corrected chi connectivity index (χ0v) is 15.1. The molecule has 5 nitrogen and oxygen atoms in total. The second kappa shape index (κ2) is 7.29. The van der Waals surface area contributed by atoms with E-state index in [1.165, 1.54) is 23.5 Å². The number of nitrogens with one attached hydrogen (secondary N) is 1. The fraction of sp³-hybridized carbons (Fsp3) is 0.294. The lowest BCUT2D eigenvalue weighted by molar-refractivity contribution is 0.264. The van der Waals surface area contributed by atoms with Gasteiger partial charge in [-0.25, -0.2) is 12.8 Å². The molecule has 0 amide bonds. The maximum absolute atomic E-state index is 14.2. The SMILES string of the molecule is COc1ccccc1C1CNCCN1S(=O)(=O)c1c(F)cccc1Cl. The lowest BCUT2D eigenvalue weighted by atomic mass is 10.0. The Balaban J connectivity index is 2.10. The molecule has 0 spiro atoms. The molecule has 0 aromatic heterocycles. The van der Waals surface area contributed by atoms with Crippen LogP contribution in [0.4, 0.5) is 4.39 Å². The van der Waals surface area contributed by atoms with Crippen molar-refractivity contribution in [1.29, 1.82) is 0 Å². The number of nitrogens with zero attached hydrogens (tertiary/aromatic N) is 1. The maximum Gasteiger partial charge on any atom is 0.248 e. The number of para-hydroxylation sites is 1. The summed E-state index contributed by atoms with van der Waals surface area (Å²) < 4.78 is 47.2. The number of rotatable bonds is 4. The molecule has 1 heterocycles. The minimum absolute atomic E-state index is 0.127. The van der Waals surface area contributed by atoms with Crippen LogP contribution < -0.4 is 10.1 Å². The molecule has 1 N–H and O–H groups in total. The van der Waals surface area contributed by atoms with E-state index in [2.05, 4.69) is 5.32 Å². The van der Waals surface area contributed by atoms with E-state index in [9.17, 15) is 12.8 Å². The van der Waals surface area contributed by atoms with Gasteiger partial charge in [0.05, 0.1) is 18.2 Å². The number of hydrogen-bond donors (Lipinski definition) is 1. The predicted octanol–water partition coefficient (Wildman–Crippen LogP) is 2.82. The molecule has 134 valence electrons. The average Bonchev–Trinajstić information content (AvgIpc) is 2.61. The summed E-state index contributed by atoms with van der Waals surface area (Å²) in [6.45, 7) is 1.07. The zero-order valence-electron chi connectivity index (χ0n) is 13.6. The highest BCUT2D eigenvalue weighted by atomic mass is 35.5. The lowest BCUT2D eigenvalue weighted by Crippen LogP contribution is -2.48. The Bertz CT molecular complexity index is 856. The zero-order chi connectivity index (χ0) is 18.0. The molecule has 1 unspecified atom stereocenters. The first-order chi connectivity index (χ1) is 12.0. The summed E-state index contributed by atoms with van der Waals surface area (Å²) >= 11 is 6.00. The van der Waals surface area contributed by atoms with Gasteiger partial charge in [-0.3, -0.25) is 0 Å². The van der Waals surface area contributed by atoms with E-state index in [1.807, 2.05) is 18.2 Å². The Morgan fingerprint density at radius 3 is 2.72 bits per heavy atom. The summed E-state index contributed by atoms with van der Waals surface area (Å²) in [4.78, 5) is -0.488. The number of sulfonamides is 1. The fourth-order valence-electron chi connectivity index (χ4n) is 3.03. The molecule has 0 saturated carbocycles. The predicted molar refractivity (Wildman–Crippen MR) is 93.9 cm³/mol. The van der Waals surface area contributed by atoms with Gasteiger partial charge in [0.1, 0.15) is 16.5 Å². The van der Waals surface area contributed by atoms with Crippen LogP contribution in [0.15, 0.2) is 47.4 Å². The molecular formula is C17H18ClFN2O3S. The molecule has 1 aliphatic rings. The van der Waals surface area contributed by atoms with Gasteiger partial charge in [0.15, 0.2) is 0 Å². The minimum atomic E-state index is -4.11. The molecule has 8 heteroatoms. The van der Waals surface area contributed by atoms with Crippen molar-refractivity contribution in [2.45, 2.75) is 10.9 Å². The third-order valence-electron chi connectivity index (χ3n) is 4.18.